The van der Waals surface area contributed by atoms with Crippen LogP contribution in [-0.2, 0) is 0 Å². The number of hydrogen-bond donors (Lipinski definition) is 1. The smallest absolute Gasteiger partial charge is 0.276 e. The highest BCUT2D eigenvalue weighted by Crippen LogP contribution is 2.23. The van der Waals surface area contributed by atoms with Crippen molar-refractivity contribution < 1.29 is 4.79 Å². The third-order valence-electron chi connectivity index (χ3n) is 2.86. The summed E-state index contributed by atoms with van der Waals surface area (Å²) in [6.45, 7) is 1.94. The predicted molar refractivity (Wildman–Crippen MR) is 77.1 cm³/mol. The predicted octanol–water partition coefficient (Wildman–Crippen LogP) is 2.94. The second-order valence-corrected chi connectivity index (χ2v) is 4.79. The molecule has 0 saturated heterocycles. The van der Waals surface area contributed by atoms with Gasteiger partial charge in [0, 0.05) is 12.4 Å². The molecule has 0 bridgehead atoms. The van der Waals surface area contributed by atoms with E-state index in [2.05, 4.69) is 15.4 Å². The minimum Gasteiger partial charge on any atom is -0.319 e. The van der Waals surface area contributed by atoms with Crippen LogP contribution in [0.25, 0.3) is 5.65 Å². The number of hydrogen-bond acceptors (Lipinski definition) is 3. The Morgan fingerprint density at radius 1 is 1.30 bits per heavy atom. The number of rotatable bonds is 2. The van der Waals surface area contributed by atoms with Gasteiger partial charge in [0.2, 0.25) is 0 Å². The monoisotopic (exact) mass is 286 g/mol. The van der Waals surface area contributed by atoms with Crippen molar-refractivity contribution in [3.63, 3.8) is 0 Å². The van der Waals surface area contributed by atoms with Crippen LogP contribution >= 0.6 is 11.6 Å². The molecule has 1 amide bonds. The molecular formula is C14H11ClN4O. The number of carbonyl (C=O) groups excluding carboxylic acids is 1. The highest BCUT2D eigenvalue weighted by molar-refractivity contribution is 6.34. The van der Waals surface area contributed by atoms with E-state index >= 15 is 0 Å². The van der Waals surface area contributed by atoms with Crippen LogP contribution in [0.15, 0.2) is 42.7 Å². The zero-order valence-corrected chi connectivity index (χ0v) is 11.4. The Kier molecular flexibility index (Phi) is 3.12. The van der Waals surface area contributed by atoms with Crippen LogP contribution in [0.4, 0.5) is 5.69 Å². The maximum Gasteiger partial charge on any atom is 0.276 e. The summed E-state index contributed by atoms with van der Waals surface area (Å²) >= 11 is 6.09. The summed E-state index contributed by atoms with van der Waals surface area (Å²) in [5.41, 5.74) is 2.59. The second kappa shape index (κ2) is 4.94. The van der Waals surface area contributed by atoms with Gasteiger partial charge in [-0.2, -0.15) is 5.10 Å². The van der Waals surface area contributed by atoms with Crippen LogP contribution in [0, 0.1) is 6.92 Å². The Hall–Kier alpha value is -2.40. The van der Waals surface area contributed by atoms with Crippen molar-refractivity contribution in [2.45, 2.75) is 6.92 Å². The van der Waals surface area contributed by atoms with Crippen LogP contribution in [0.2, 0.25) is 5.02 Å². The number of fused-ring (bicyclic) bond motifs is 1. The second-order valence-electron chi connectivity index (χ2n) is 4.39. The average molecular weight is 287 g/mol. The van der Waals surface area contributed by atoms with Gasteiger partial charge in [-0.25, -0.2) is 9.50 Å². The van der Waals surface area contributed by atoms with E-state index in [-0.39, 0.29) is 5.91 Å². The molecule has 0 spiro atoms. The SMILES string of the molecule is Cc1ccc(NC(=O)c2ccc3nccn3n2)c(Cl)c1. The van der Waals surface area contributed by atoms with Crippen LogP contribution in [0.5, 0.6) is 0 Å². The zero-order chi connectivity index (χ0) is 14.1. The van der Waals surface area contributed by atoms with Crippen molar-refractivity contribution in [3.8, 4) is 0 Å². The third-order valence-corrected chi connectivity index (χ3v) is 3.17. The number of halogens is 1. The number of nitrogens with one attached hydrogen (secondary N) is 1. The van der Waals surface area contributed by atoms with Crippen LogP contribution < -0.4 is 5.32 Å². The number of aromatic nitrogens is 3. The van der Waals surface area contributed by atoms with Gasteiger partial charge in [-0.1, -0.05) is 17.7 Å². The maximum absolute atomic E-state index is 12.2. The van der Waals surface area contributed by atoms with Gasteiger partial charge in [-0.15, -0.1) is 0 Å². The van der Waals surface area contributed by atoms with E-state index in [0.717, 1.165) is 5.56 Å². The molecule has 0 aliphatic rings. The lowest BCUT2D eigenvalue weighted by Gasteiger charge is -2.07. The summed E-state index contributed by atoms with van der Waals surface area (Å²) in [7, 11) is 0. The standard InChI is InChI=1S/C14H11ClN4O/c1-9-2-3-11(10(15)8-9)17-14(20)12-4-5-13-16-6-7-19(13)18-12/h2-8H,1H3,(H,17,20). The number of amides is 1. The van der Waals surface area contributed by atoms with Crippen LogP contribution in [0.1, 0.15) is 16.1 Å². The molecular weight excluding hydrogens is 276 g/mol. The van der Waals surface area contributed by atoms with E-state index < -0.39 is 0 Å². The van der Waals surface area contributed by atoms with Gasteiger partial charge >= 0.3 is 0 Å². The third kappa shape index (κ3) is 2.35. The molecule has 1 N–H and O–H groups in total. The Morgan fingerprint density at radius 2 is 2.15 bits per heavy atom. The van der Waals surface area contributed by atoms with Gasteiger partial charge in [0.1, 0.15) is 5.69 Å². The molecule has 6 heteroatoms. The molecule has 0 aliphatic heterocycles. The van der Waals surface area contributed by atoms with Gasteiger partial charge in [-0.05, 0) is 36.8 Å². The lowest BCUT2D eigenvalue weighted by atomic mass is 10.2. The first-order valence-electron chi connectivity index (χ1n) is 6.01. The summed E-state index contributed by atoms with van der Waals surface area (Å²) in [5, 5.41) is 7.42. The number of imidazole rings is 1. The Bertz CT molecular complexity index is 797. The first-order valence-corrected chi connectivity index (χ1v) is 6.39. The van der Waals surface area contributed by atoms with Crippen molar-refractivity contribution in [1.29, 1.82) is 0 Å². The topological polar surface area (TPSA) is 59.3 Å². The first kappa shape index (κ1) is 12.6. The molecule has 2 aromatic heterocycles. The molecule has 0 unspecified atom stereocenters. The van der Waals surface area contributed by atoms with Gasteiger partial charge < -0.3 is 5.32 Å². The van der Waals surface area contributed by atoms with E-state index in [4.69, 9.17) is 11.6 Å². The van der Waals surface area contributed by atoms with Gasteiger partial charge in [0.05, 0.1) is 10.7 Å². The minimum atomic E-state index is -0.314. The zero-order valence-electron chi connectivity index (χ0n) is 10.7. The fraction of sp³-hybridized carbons (Fsp3) is 0.0714. The number of benzene rings is 1. The van der Waals surface area contributed by atoms with E-state index in [1.165, 1.54) is 0 Å². The quantitative estimate of drug-likeness (QED) is 0.788. The summed E-state index contributed by atoms with van der Waals surface area (Å²) < 4.78 is 1.55. The van der Waals surface area contributed by atoms with E-state index in [9.17, 15) is 4.79 Å². The minimum absolute atomic E-state index is 0.298. The maximum atomic E-state index is 12.2. The lowest BCUT2D eigenvalue weighted by Crippen LogP contribution is -2.15. The summed E-state index contributed by atoms with van der Waals surface area (Å²) in [6.07, 6.45) is 3.31. The number of carbonyl (C=O) groups is 1. The molecule has 1 aromatic carbocycles. The van der Waals surface area contributed by atoms with Gasteiger partial charge in [0.15, 0.2) is 5.65 Å². The van der Waals surface area contributed by atoms with Crippen molar-refractivity contribution in [3.05, 3.63) is 59.0 Å². The molecule has 0 radical (unpaired) electrons. The van der Waals surface area contributed by atoms with E-state index in [1.807, 2.05) is 13.0 Å². The number of anilines is 1. The largest absolute Gasteiger partial charge is 0.319 e. The lowest BCUT2D eigenvalue weighted by molar-refractivity contribution is 0.102. The fourth-order valence-electron chi connectivity index (χ4n) is 1.84. The number of nitrogens with zero attached hydrogens (tertiary/aromatic N) is 3. The summed E-state index contributed by atoms with van der Waals surface area (Å²) in [6, 6.07) is 8.81. The molecule has 5 nitrogen and oxygen atoms in total. The van der Waals surface area contributed by atoms with E-state index in [1.54, 1.807) is 41.2 Å². The van der Waals surface area contributed by atoms with Crippen molar-refractivity contribution in [1.82, 2.24) is 14.6 Å². The summed E-state index contributed by atoms with van der Waals surface area (Å²) in [4.78, 5) is 16.2. The highest BCUT2D eigenvalue weighted by atomic mass is 35.5. The van der Waals surface area contributed by atoms with Gasteiger partial charge in [0.25, 0.3) is 5.91 Å². The summed E-state index contributed by atoms with van der Waals surface area (Å²) in [5.74, 6) is -0.314. The molecule has 2 heterocycles. The molecule has 100 valence electrons. The molecule has 0 fully saturated rings. The molecule has 3 rings (SSSR count). The Balaban J connectivity index is 1.88. The fourth-order valence-corrected chi connectivity index (χ4v) is 2.13. The van der Waals surface area contributed by atoms with Crippen molar-refractivity contribution >= 4 is 28.8 Å². The van der Waals surface area contributed by atoms with Crippen LogP contribution in [0.3, 0.4) is 0 Å². The number of aryl methyl sites for hydroxylation is 1. The molecule has 3 aromatic rings. The normalized spacial score (nSPS) is 10.7. The molecule has 0 atom stereocenters. The van der Waals surface area contributed by atoms with Crippen molar-refractivity contribution in [2.24, 2.45) is 0 Å². The average Bonchev–Trinajstić information content (AvgIpc) is 2.89. The molecule has 0 saturated carbocycles. The van der Waals surface area contributed by atoms with Crippen LogP contribution in [-0.4, -0.2) is 20.5 Å². The van der Waals surface area contributed by atoms with E-state index in [0.29, 0.717) is 22.1 Å². The molecule has 0 aliphatic carbocycles. The first-order chi connectivity index (χ1) is 9.63. The van der Waals surface area contributed by atoms with Gasteiger partial charge in [-0.3, -0.25) is 4.79 Å². The highest BCUT2D eigenvalue weighted by Gasteiger charge is 2.11. The Morgan fingerprint density at radius 3 is 2.95 bits per heavy atom. The Labute approximate surface area is 120 Å². The van der Waals surface area contributed by atoms with Crippen molar-refractivity contribution in [2.75, 3.05) is 5.32 Å². The molecule has 20 heavy (non-hydrogen) atoms.